The summed E-state index contributed by atoms with van der Waals surface area (Å²) in [5.41, 5.74) is 17.9. The maximum Gasteiger partial charge on any atom is 0.0727 e. The Hall–Kier alpha value is -7.42. The molecule has 9 aromatic carbocycles. The van der Waals surface area contributed by atoms with Crippen LogP contribution in [0.1, 0.15) is 54.1 Å². The average molecular weight is 772 g/mol. The Bertz CT molecular complexity index is 3400. The molecule has 12 rings (SSSR count). The summed E-state index contributed by atoms with van der Waals surface area (Å²) < 4.78 is 44.2. The van der Waals surface area contributed by atoms with Crippen molar-refractivity contribution in [1.82, 2.24) is 0 Å². The maximum absolute atomic E-state index is 9.17. The lowest BCUT2D eigenvalue weighted by Crippen LogP contribution is -2.26. The number of nitrogens with zero attached hydrogens (tertiary/aromatic N) is 2. The third-order valence-electron chi connectivity index (χ3n) is 13.1. The van der Waals surface area contributed by atoms with Gasteiger partial charge in [0.15, 0.2) is 0 Å². The van der Waals surface area contributed by atoms with E-state index in [1.165, 1.54) is 33.4 Å². The van der Waals surface area contributed by atoms with Gasteiger partial charge in [-0.2, -0.15) is 0 Å². The van der Waals surface area contributed by atoms with Gasteiger partial charge in [0.05, 0.1) is 18.0 Å². The fourth-order valence-corrected chi connectivity index (χ4v) is 10.7. The number of rotatable bonds is 6. The third-order valence-corrected chi connectivity index (χ3v) is 13.1. The van der Waals surface area contributed by atoms with Crippen LogP contribution in [0.5, 0.6) is 0 Å². The van der Waals surface area contributed by atoms with E-state index in [4.69, 9.17) is 4.11 Å². The first-order chi connectivity index (χ1) is 31.6. The van der Waals surface area contributed by atoms with Crippen LogP contribution in [0.3, 0.4) is 0 Å². The second-order valence-electron chi connectivity index (χ2n) is 16.5. The second kappa shape index (κ2) is 13.0. The molecule has 0 N–H and O–H groups in total. The first kappa shape index (κ1) is 29.7. The molecular formula is C58H42N2. The van der Waals surface area contributed by atoms with Crippen molar-refractivity contribution in [3.63, 3.8) is 0 Å². The lowest BCUT2D eigenvalue weighted by molar-refractivity contribution is 0.661. The van der Waals surface area contributed by atoms with Crippen molar-refractivity contribution in [2.75, 3.05) is 9.80 Å². The highest BCUT2D eigenvalue weighted by atomic mass is 15.2. The van der Waals surface area contributed by atoms with Crippen LogP contribution in [0.4, 0.5) is 34.1 Å². The lowest BCUT2D eigenvalue weighted by Gasteiger charge is -2.34. The standard InChI is InChI=1S/C58H42N2/c1-57(2)50-29-15-12-27-46(50)49-28-18-32-55(56(49)57)60(41-23-10-5-11-24-41)43-34-36-48-45-26-14-17-31-52(45)58(54(48)38-43)51-30-16-13-25-44(51)47-35-33-42(37-53(47)58)59(39-19-6-3-7-20-39)40-21-8-4-9-22-40/h3-38H,1-2H3/i3D,6D,7D,19D,20D. The normalized spacial score (nSPS) is 16.9. The third kappa shape index (κ3) is 4.76. The van der Waals surface area contributed by atoms with Crippen LogP contribution >= 0.6 is 0 Å². The molecule has 0 amide bonds. The molecule has 9 aromatic rings. The van der Waals surface area contributed by atoms with Gasteiger partial charge in [-0.05, 0) is 133 Å². The Morgan fingerprint density at radius 3 is 1.38 bits per heavy atom. The topological polar surface area (TPSA) is 6.48 Å². The van der Waals surface area contributed by atoms with Crippen molar-refractivity contribution in [2.24, 2.45) is 0 Å². The molecule has 1 unspecified atom stereocenters. The molecule has 2 nitrogen and oxygen atoms in total. The van der Waals surface area contributed by atoms with Crippen molar-refractivity contribution < 1.29 is 6.85 Å². The summed E-state index contributed by atoms with van der Waals surface area (Å²) in [4.78, 5) is 4.25. The first-order valence-electron chi connectivity index (χ1n) is 23.1. The lowest BCUT2D eigenvalue weighted by atomic mass is 9.70. The highest BCUT2D eigenvalue weighted by Crippen LogP contribution is 2.64. The minimum absolute atomic E-state index is 0.0974. The number of anilines is 6. The van der Waals surface area contributed by atoms with Crippen LogP contribution in [-0.2, 0) is 10.8 Å². The van der Waals surface area contributed by atoms with Gasteiger partial charge in [-0.15, -0.1) is 0 Å². The summed E-state index contributed by atoms with van der Waals surface area (Å²) in [5, 5.41) is 0. The van der Waals surface area contributed by atoms with Gasteiger partial charge in [0.1, 0.15) is 0 Å². The monoisotopic (exact) mass is 771 g/mol. The molecule has 3 aliphatic carbocycles. The van der Waals surface area contributed by atoms with Crippen LogP contribution < -0.4 is 9.80 Å². The summed E-state index contributed by atoms with van der Waals surface area (Å²) in [6.07, 6.45) is 0. The zero-order valence-corrected chi connectivity index (χ0v) is 33.3. The molecule has 0 heterocycles. The van der Waals surface area contributed by atoms with E-state index < -0.39 is 11.5 Å². The smallest absolute Gasteiger partial charge is 0.0727 e. The Labute approximate surface area is 359 Å². The molecule has 60 heavy (non-hydrogen) atoms. The van der Waals surface area contributed by atoms with Crippen molar-refractivity contribution in [2.45, 2.75) is 24.7 Å². The molecule has 0 radical (unpaired) electrons. The number of hydrogen-bond acceptors (Lipinski definition) is 2. The van der Waals surface area contributed by atoms with Gasteiger partial charge in [0.25, 0.3) is 0 Å². The molecule has 1 atom stereocenters. The van der Waals surface area contributed by atoms with Crippen molar-refractivity contribution in [3.05, 3.63) is 252 Å². The number of para-hydroxylation sites is 3. The van der Waals surface area contributed by atoms with Gasteiger partial charge >= 0.3 is 0 Å². The van der Waals surface area contributed by atoms with Crippen LogP contribution in [0, 0.1) is 0 Å². The van der Waals surface area contributed by atoms with Gasteiger partial charge in [0.2, 0.25) is 0 Å². The van der Waals surface area contributed by atoms with Crippen LogP contribution in [0.2, 0.25) is 0 Å². The van der Waals surface area contributed by atoms with E-state index in [0.29, 0.717) is 11.4 Å². The van der Waals surface area contributed by atoms with Crippen molar-refractivity contribution >= 4 is 34.1 Å². The first-order valence-corrected chi connectivity index (χ1v) is 20.6. The van der Waals surface area contributed by atoms with E-state index in [-0.39, 0.29) is 35.3 Å². The fraction of sp³-hybridized carbons (Fsp3) is 0.0690. The Balaban J connectivity index is 1.14. The summed E-state index contributed by atoms with van der Waals surface area (Å²) in [5.74, 6) is 0. The molecule has 0 fully saturated rings. The van der Waals surface area contributed by atoms with E-state index >= 15 is 0 Å². The van der Waals surface area contributed by atoms with E-state index in [1.54, 1.807) is 0 Å². The summed E-state index contributed by atoms with van der Waals surface area (Å²) >= 11 is 0. The van der Waals surface area contributed by atoms with Gasteiger partial charge in [-0.1, -0.05) is 165 Å². The Kier molecular flexibility index (Phi) is 6.47. The SMILES string of the molecule is [2H]c1c([2H])c([2H])c(N(c2ccccc2)c2ccc3c(c2)C2(c4ccccc4-c4ccc(N(c5ccccc5)c5cccc6c5C(C)(C)c5ccccc5-6)cc42)c2ccccc2-3)c([2H])c1[2H]. The maximum atomic E-state index is 9.17. The highest BCUT2D eigenvalue weighted by Gasteiger charge is 2.52. The summed E-state index contributed by atoms with van der Waals surface area (Å²) in [7, 11) is 0. The van der Waals surface area contributed by atoms with Crippen LogP contribution in [0.15, 0.2) is 218 Å². The number of hydrogen-bond donors (Lipinski definition) is 0. The highest BCUT2D eigenvalue weighted by molar-refractivity contribution is 5.98. The van der Waals surface area contributed by atoms with Crippen molar-refractivity contribution in [3.8, 4) is 33.4 Å². The molecule has 0 saturated carbocycles. The van der Waals surface area contributed by atoms with E-state index in [9.17, 15) is 2.74 Å². The molecule has 0 bridgehead atoms. The molecule has 284 valence electrons. The minimum Gasteiger partial charge on any atom is -0.310 e. The molecule has 0 aliphatic heterocycles. The van der Waals surface area contributed by atoms with Gasteiger partial charge in [-0.25, -0.2) is 0 Å². The quantitative estimate of drug-likeness (QED) is 0.166. The average Bonchev–Trinajstić information content (AvgIpc) is 3.90. The molecular weight excluding hydrogens is 725 g/mol. The fourth-order valence-electron chi connectivity index (χ4n) is 10.7. The van der Waals surface area contributed by atoms with E-state index in [1.807, 2.05) is 41.3 Å². The Morgan fingerprint density at radius 1 is 0.350 bits per heavy atom. The number of fused-ring (bicyclic) bond motifs is 13. The zero-order chi connectivity index (χ0) is 44.4. The Morgan fingerprint density at radius 2 is 0.800 bits per heavy atom. The molecule has 1 spiro atoms. The van der Waals surface area contributed by atoms with Crippen molar-refractivity contribution in [1.29, 1.82) is 0 Å². The molecule has 2 heteroatoms. The molecule has 0 aromatic heterocycles. The number of benzene rings is 9. The summed E-state index contributed by atoms with van der Waals surface area (Å²) in [6.45, 7) is 4.68. The minimum atomic E-state index is -0.761. The zero-order valence-electron chi connectivity index (χ0n) is 38.3. The van der Waals surface area contributed by atoms with E-state index in [0.717, 1.165) is 50.4 Å². The van der Waals surface area contributed by atoms with Gasteiger partial charge < -0.3 is 9.80 Å². The largest absolute Gasteiger partial charge is 0.310 e. The molecule has 0 saturated heterocycles. The molecule has 3 aliphatic rings. The predicted molar refractivity (Wildman–Crippen MR) is 250 cm³/mol. The second-order valence-corrected chi connectivity index (χ2v) is 16.5. The van der Waals surface area contributed by atoms with Crippen LogP contribution in [0.25, 0.3) is 33.4 Å². The van der Waals surface area contributed by atoms with Gasteiger partial charge in [-0.3, -0.25) is 0 Å². The van der Waals surface area contributed by atoms with E-state index in [2.05, 4.69) is 170 Å². The van der Waals surface area contributed by atoms with Gasteiger partial charge in [0, 0.05) is 33.9 Å². The predicted octanol–water partition coefficient (Wildman–Crippen LogP) is 15.3. The summed E-state index contributed by atoms with van der Waals surface area (Å²) in [6, 6.07) is 64.8. The van der Waals surface area contributed by atoms with Crippen LogP contribution in [-0.4, -0.2) is 0 Å².